The van der Waals surface area contributed by atoms with Crippen LogP contribution in [0.2, 0.25) is 5.02 Å². The van der Waals surface area contributed by atoms with Crippen molar-refractivity contribution in [1.82, 2.24) is 9.55 Å². The number of nitrogens with zero attached hydrogens (tertiary/aromatic N) is 2. The summed E-state index contributed by atoms with van der Waals surface area (Å²) in [6, 6.07) is 23.9. The number of halogens is 1. The van der Waals surface area contributed by atoms with Crippen molar-refractivity contribution in [1.29, 1.82) is 0 Å². The molecule has 0 radical (unpaired) electrons. The number of aromatic nitrogens is 2. The molecular formula is C29H27ClN2O3. The average molecular weight is 487 g/mol. The van der Waals surface area contributed by atoms with Crippen LogP contribution in [0.3, 0.4) is 0 Å². The minimum atomic E-state index is -0.806. The summed E-state index contributed by atoms with van der Waals surface area (Å²) in [6.07, 6.45) is 6.72. The number of imidazole rings is 1. The molecule has 0 aliphatic rings. The maximum atomic E-state index is 10.6. The molecule has 35 heavy (non-hydrogen) atoms. The normalized spacial score (nSPS) is 11.1. The van der Waals surface area contributed by atoms with E-state index in [1.165, 1.54) is 0 Å². The topological polar surface area (TPSA) is 64.4 Å². The summed E-state index contributed by atoms with van der Waals surface area (Å²) in [7, 11) is 0. The van der Waals surface area contributed by atoms with Gasteiger partial charge in [0.05, 0.1) is 17.3 Å². The van der Waals surface area contributed by atoms with E-state index in [0.717, 1.165) is 46.1 Å². The van der Waals surface area contributed by atoms with Crippen LogP contribution in [0.1, 0.15) is 31.2 Å². The Morgan fingerprint density at radius 2 is 1.69 bits per heavy atom. The molecule has 0 bridgehead atoms. The van der Waals surface area contributed by atoms with Gasteiger partial charge in [-0.25, -0.2) is 4.98 Å². The van der Waals surface area contributed by atoms with Gasteiger partial charge in [-0.2, -0.15) is 0 Å². The molecule has 178 valence electrons. The Bertz CT molecular complexity index is 1310. The van der Waals surface area contributed by atoms with Gasteiger partial charge in [-0.05, 0) is 54.3 Å². The van der Waals surface area contributed by atoms with Crippen LogP contribution in [-0.4, -0.2) is 27.2 Å². The van der Waals surface area contributed by atoms with Gasteiger partial charge in [0.25, 0.3) is 0 Å². The van der Waals surface area contributed by atoms with Crippen LogP contribution in [0.25, 0.3) is 34.5 Å². The third-order valence-electron chi connectivity index (χ3n) is 5.62. The second-order valence-electron chi connectivity index (χ2n) is 8.08. The number of aryl methyl sites for hydroxylation is 1. The lowest BCUT2D eigenvalue weighted by atomic mass is 10.0. The largest absolute Gasteiger partial charge is 0.494 e. The summed E-state index contributed by atoms with van der Waals surface area (Å²) >= 11 is 6.36. The van der Waals surface area contributed by atoms with E-state index >= 15 is 0 Å². The van der Waals surface area contributed by atoms with Crippen molar-refractivity contribution in [3.05, 3.63) is 95.4 Å². The molecule has 0 atom stereocenters. The number of carbonyl (C=O) groups is 1. The van der Waals surface area contributed by atoms with Crippen LogP contribution in [0.4, 0.5) is 0 Å². The number of carboxylic acids is 1. The highest BCUT2D eigenvalue weighted by atomic mass is 35.5. The Morgan fingerprint density at radius 1 is 1.00 bits per heavy atom. The zero-order valence-corrected chi connectivity index (χ0v) is 20.3. The lowest BCUT2D eigenvalue weighted by Crippen LogP contribution is -2.01. The first-order chi connectivity index (χ1) is 17.0. The molecule has 0 unspecified atom stereocenters. The zero-order chi connectivity index (χ0) is 24.6. The number of hydrogen-bond acceptors (Lipinski definition) is 3. The van der Waals surface area contributed by atoms with E-state index in [-0.39, 0.29) is 6.42 Å². The predicted octanol–water partition coefficient (Wildman–Crippen LogP) is 7.30. The van der Waals surface area contributed by atoms with Crippen molar-refractivity contribution < 1.29 is 14.6 Å². The number of hydrogen-bond donors (Lipinski definition) is 1. The molecule has 0 spiro atoms. The zero-order valence-electron chi connectivity index (χ0n) is 19.5. The summed E-state index contributed by atoms with van der Waals surface area (Å²) in [5.41, 5.74) is 5.07. The number of aliphatic carboxylic acids is 1. The van der Waals surface area contributed by atoms with Crippen molar-refractivity contribution >= 4 is 29.7 Å². The molecule has 0 saturated carbocycles. The maximum absolute atomic E-state index is 10.6. The van der Waals surface area contributed by atoms with E-state index in [9.17, 15) is 4.79 Å². The highest BCUT2D eigenvalue weighted by Crippen LogP contribution is 2.28. The number of benzene rings is 3. The number of rotatable bonds is 10. The molecule has 1 N–H and O–H groups in total. The average Bonchev–Trinajstić information content (AvgIpc) is 3.29. The molecule has 0 aliphatic carbocycles. The van der Waals surface area contributed by atoms with Gasteiger partial charge in [0.1, 0.15) is 11.6 Å². The summed E-state index contributed by atoms with van der Waals surface area (Å²) in [5.74, 6) is 0.811. The number of carboxylic acid groups (broad SMARTS) is 1. The Kier molecular flexibility index (Phi) is 8.01. The van der Waals surface area contributed by atoms with E-state index < -0.39 is 5.97 Å². The van der Waals surface area contributed by atoms with Crippen molar-refractivity contribution in [2.75, 3.05) is 6.61 Å². The van der Waals surface area contributed by atoms with Crippen LogP contribution < -0.4 is 4.74 Å². The van der Waals surface area contributed by atoms with Crippen LogP contribution in [0.15, 0.2) is 79.0 Å². The standard InChI is InChI=1S/C29H27ClN2O3/c1-2-32-20-27(25-6-3-4-7-26(25)30)31-28(32)18-11-21-9-12-22(13-10-21)23-14-16-24(17-15-23)35-19-5-8-29(33)34/h3-4,6-7,9-18,20H,2,5,8,19H2,1H3,(H,33,34). The maximum Gasteiger partial charge on any atom is 0.303 e. The quantitative estimate of drug-likeness (QED) is 0.239. The first-order valence-electron chi connectivity index (χ1n) is 11.6. The van der Waals surface area contributed by atoms with E-state index in [1.54, 1.807) is 0 Å². The minimum absolute atomic E-state index is 0.113. The predicted molar refractivity (Wildman–Crippen MR) is 142 cm³/mol. The summed E-state index contributed by atoms with van der Waals surface area (Å²) in [4.78, 5) is 15.4. The molecule has 0 amide bonds. The van der Waals surface area contributed by atoms with Crippen molar-refractivity contribution in [2.24, 2.45) is 0 Å². The monoisotopic (exact) mass is 486 g/mol. The van der Waals surface area contributed by atoms with Crippen molar-refractivity contribution in [2.45, 2.75) is 26.3 Å². The molecule has 5 nitrogen and oxygen atoms in total. The summed E-state index contributed by atoms with van der Waals surface area (Å²) in [5, 5.41) is 9.38. The van der Waals surface area contributed by atoms with Gasteiger partial charge < -0.3 is 14.4 Å². The first-order valence-corrected chi connectivity index (χ1v) is 12.0. The van der Waals surface area contributed by atoms with Crippen LogP contribution in [0.5, 0.6) is 5.75 Å². The molecule has 0 aliphatic heterocycles. The Labute approximate surface area is 210 Å². The van der Waals surface area contributed by atoms with Gasteiger partial charge >= 0.3 is 5.97 Å². The van der Waals surface area contributed by atoms with Crippen LogP contribution in [-0.2, 0) is 11.3 Å². The second kappa shape index (κ2) is 11.5. The third-order valence-corrected chi connectivity index (χ3v) is 5.95. The molecule has 4 rings (SSSR count). The molecule has 1 aromatic heterocycles. The fraction of sp³-hybridized carbons (Fsp3) is 0.172. The van der Waals surface area contributed by atoms with E-state index in [0.29, 0.717) is 18.1 Å². The molecule has 4 aromatic rings. The van der Waals surface area contributed by atoms with Gasteiger partial charge in [0.2, 0.25) is 0 Å². The lowest BCUT2D eigenvalue weighted by Gasteiger charge is -2.07. The number of ether oxygens (including phenoxy) is 1. The second-order valence-corrected chi connectivity index (χ2v) is 8.48. The van der Waals surface area contributed by atoms with Gasteiger partial charge in [-0.3, -0.25) is 4.79 Å². The Balaban J connectivity index is 1.42. The molecule has 0 fully saturated rings. The molecule has 6 heteroatoms. The smallest absolute Gasteiger partial charge is 0.303 e. The fourth-order valence-corrected chi connectivity index (χ4v) is 3.96. The molecule has 0 saturated heterocycles. The van der Waals surface area contributed by atoms with E-state index in [4.69, 9.17) is 26.4 Å². The molecule has 3 aromatic carbocycles. The van der Waals surface area contributed by atoms with E-state index in [2.05, 4.69) is 41.8 Å². The first kappa shape index (κ1) is 24.3. The van der Waals surface area contributed by atoms with Gasteiger partial charge in [-0.1, -0.05) is 72.3 Å². The molecular weight excluding hydrogens is 460 g/mol. The van der Waals surface area contributed by atoms with Crippen LogP contribution >= 0.6 is 11.6 Å². The van der Waals surface area contributed by atoms with E-state index in [1.807, 2.05) is 60.8 Å². The fourth-order valence-electron chi connectivity index (χ4n) is 3.73. The van der Waals surface area contributed by atoms with Crippen molar-refractivity contribution in [3.63, 3.8) is 0 Å². The molecule has 1 heterocycles. The highest BCUT2D eigenvalue weighted by molar-refractivity contribution is 6.33. The summed E-state index contributed by atoms with van der Waals surface area (Å²) < 4.78 is 7.71. The highest BCUT2D eigenvalue weighted by Gasteiger charge is 2.09. The third kappa shape index (κ3) is 6.40. The SMILES string of the molecule is CCn1cc(-c2ccccc2Cl)nc1C=Cc1ccc(-c2ccc(OCCCC(=O)O)cc2)cc1. The van der Waals surface area contributed by atoms with Gasteiger partial charge in [0.15, 0.2) is 0 Å². The van der Waals surface area contributed by atoms with Gasteiger partial charge in [-0.15, -0.1) is 0 Å². The van der Waals surface area contributed by atoms with Crippen molar-refractivity contribution in [3.8, 4) is 28.1 Å². The van der Waals surface area contributed by atoms with Crippen LogP contribution in [0, 0.1) is 0 Å². The van der Waals surface area contributed by atoms with Gasteiger partial charge in [0, 0.05) is 24.7 Å². The Morgan fingerprint density at radius 3 is 2.34 bits per heavy atom. The summed E-state index contributed by atoms with van der Waals surface area (Å²) in [6.45, 7) is 3.30. The minimum Gasteiger partial charge on any atom is -0.494 e. The Hall–Kier alpha value is -3.83. The lowest BCUT2D eigenvalue weighted by molar-refractivity contribution is -0.137.